The molecule has 30 heavy (non-hydrogen) atoms. The summed E-state index contributed by atoms with van der Waals surface area (Å²) < 4.78 is 18.8. The molecule has 1 amide bonds. The van der Waals surface area contributed by atoms with Crippen LogP contribution in [-0.4, -0.2) is 29.6 Å². The third-order valence-corrected chi connectivity index (χ3v) is 6.03. The van der Waals surface area contributed by atoms with E-state index < -0.39 is 11.5 Å². The molecule has 0 fully saturated rings. The average molecular weight is 446 g/mol. The van der Waals surface area contributed by atoms with Gasteiger partial charge in [0.2, 0.25) is 0 Å². The van der Waals surface area contributed by atoms with Gasteiger partial charge in [0.25, 0.3) is 5.91 Å². The van der Waals surface area contributed by atoms with Crippen LogP contribution in [0.1, 0.15) is 27.0 Å². The Labute approximate surface area is 183 Å². The predicted molar refractivity (Wildman–Crippen MR) is 114 cm³/mol. The third kappa shape index (κ3) is 3.43. The number of carbonyl (C=O) groups is 1. The van der Waals surface area contributed by atoms with Gasteiger partial charge in [-0.3, -0.25) is 4.79 Å². The second-order valence-electron chi connectivity index (χ2n) is 7.05. The fourth-order valence-electron chi connectivity index (χ4n) is 3.78. The Morgan fingerprint density at radius 3 is 2.47 bits per heavy atom. The number of ether oxygens (including phenoxy) is 1. The molecule has 4 rings (SSSR count). The zero-order valence-electron chi connectivity index (χ0n) is 16.0. The summed E-state index contributed by atoms with van der Waals surface area (Å²) in [6.45, 7) is 0.212. The lowest BCUT2D eigenvalue weighted by Gasteiger charge is -2.35. The van der Waals surface area contributed by atoms with Crippen LogP contribution in [0, 0.1) is 5.82 Å². The van der Waals surface area contributed by atoms with Crippen molar-refractivity contribution in [1.29, 1.82) is 0 Å². The monoisotopic (exact) mass is 445 g/mol. The van der Waals surface area contributed by atoms with Crippen molar-refractivity contribution in [3.8, 4) is 5.75 Å². The lowest BCUT2D eigenvalue weighted by molar-refractivity contribution is -0.0494. The maximum absolute atomic E-state index is 13.5. The van der Waals surface area contributed by atoms with E-state index in [9.17, 15) is 14.3 Å². The van der Waals surface area contributed by atoms with Crippen molar-refractivity contribution in [2.24, 2.45) is 0 Å². The molecule has 154 valence electrons. The number of rotatable bonds is 5. The van der Waals surface area contributed by atoms with Gasteiger partial charge in [-0.25, -0.2) is 4.39 Å². The number of methoxy groups -OCH3 is 1. The molecule has 1 N–H and O–H groups in total. The summed E-state index contributed by atoms with van der Waals surface area (Å²) in [5.41, 5.74) is 0.0874. The minimum absolute atomic E-state index is 0.212. The van der Waals surface area contributed by atoms with E-state index in [1.54, 1.807) is 7.11 Å². The highest BCUT2D eigenvalue weighted by Gasteiger charge is 2.50. The molecule has 0 spiro atoms. The molecule has 1 heterocycles. The van der Waals surface area contributed by atoms with Gasteiger partial charge in [0.1, 0.15) is 11.6 Å². The molecule has 0 radical (unpaired) electrons. The number of hydrogen-bond acceptors (Lipinski definition) is 3. The minimum Gasteiger partial charge on any atom is -0.497 e. The van der Waals surface area contributed by atoms with Gasteiger partial charge >= 0.3 is 0 Å². The Bertz CT molecular complexity index is 1120. The molecule has 0 aliphatic carbocycles. The molecular weight excluding hydrogens is 428 g/mol. The van der Waals surface area contributed by atoms with Crippen LogP contribution in [0.15, 0.2) is 60.7 Å². The Morgan fingerprint density at radius 2 is 1.77 bits per heavy atom. The van der Waals surface area contributed by atoms with Crippen molar-refractivity contribution in [2.75, 3.05) is 13.7 Å². The van der Waals surface area contributed by atoms with E-state index in [4.69, 9.17) is 27.9 Å². The van der Waals surface area contributed by atoms with Gasteiger partial charge in [-0.15, -0.1) is 0 Å². The van der Waals surface area contributed by atoms with Gasteiger partial charge in [0, 0.05) is 23.2 Å². The van der Waals surface area contributed by atoms with E-state index in [2.05, 4.69) is 0 Å². The van der Waals surface area contributed by atoms with Crippen LogP contribution in [0.3, 0.4) is 0 Å². The van der Waals surface area contributed by atoms with E-state index in [1.165, 1.54) is 41.3 Å². The van der Waals surface area contributed by atoms with E-state index in [0.717, 1.165) is 5.56 Å². The van der Waals surface area contributed by atoms with Crippen molar-refractivity contribution >= 4 is 29.1 Å². The standard InChI is InChI=1S/C23H18Cl2FNO3/c1-30-17-4-2-3-14(11-17)9-10-27-22(28)18-12-20(24)21(25)13-19(18)23(27,29)15-5-7-16(26)8-6-15/h2-8,11-13,29H,9-10H2,1H3. The Hall–Kier alpha value is -2.60. The fraction of sp³-hybridized carbons (Fsp3) is 0.174. The maximum Gasteiger partial charge on any atom is 0.257 e. The van der Waals surface area contributed by atoms with Crippen LogP contribution in [0.25, 0.3) is 0 Å². The number of hydrogen-bond donors (Lipinski definition) is 1. The number of nitrogens with zero attached hydrogens (tertiary/aromatic N) is 1. The first-order valence-corrected chi connectivity index (χ1v) is 10.0. The lowest BCUT2D eigenvalue weighted by Crippen LogP contribution is -2.45. The number of aliphatic hydroxyl groups is 1. The van der Waals surface area contributed by atoms with Gasteiger partial charge in [0.05, 0.1) is 17.2 Å². The molecule has 7 heteroatoms. The van der Waals surface area contributed by atoms with Crippen molar-refractivity contribution in [1.82, 2.24) is 4.90 Å². The summed E-state index contributed by atoms with van der Waals surface area (Å²) in [5, 5.41) is 12.2. The van der Waals surface area contributed by atoms with Crippen LogP contribution < -0.4 is 4.74 Å². The second-order valence-corrected chi connectivity index (χ2v) is 7.86. The average Bonchev–Trinajstić information content (AvgIpc) is 2.95. The molecule has 1 aliphatic rings. The first-order chi connectivity index (χ1) is 14.3. The number of amides is 1. The Balaban J connectivity index is 1.77. The summed E-state index contributed by atoms with van der Waals surface area (Å²) in [6.07, 6.45) is 0.474. The van der Waals surface area contributed by atoms with E-state index in [0.29, 0.717) is 23.3 Å². The molecule has 3 aromatic carbocycles. The smallest absolute Gasteiger partial charge is 0.257 e. The fourth-order valence-corrected chi connectivity index (χ4v) is 4.10. The normalized spacial score (nSPS) is 17.9. The molecule has 1 aliphatic heterocycles. The predicted octanol–water partition coefficient (Wildman–Crippen LogP) is 5.03. The first-order valence-electron chi connectivity index (χ1n) is 9.27. The van der Waals surface area contributed by atoms with Gasteiger partial charge in [-0.2, -0.15) is 0 Å². The van der Waals surface area contributed by atoms with Crippen molar-refractivity contribution in [2.45, 2.75) is 12.1 Å². The molecule has 1 atom stereocenters. The van der Waals surface area contributed by atoms with Crippen LogP contribution in [0.5, 0.6) is 5.75 Å². The summed E-state index contributed by atoms with van der Waals surface area (Å²) in [4.78, 5) is 14.6. The van der Waals surface area contributed by atoms with E-state index >= 15 is 0 Å². The number of benzene rings is 3. The Morgan fingerprint density at radius 1 is 1.07 bits per heavy atom. The summed E-state index contributed by atoms with van der Waals surface area (Å²) in [7, 11) is 1.58. The largest absolute Gasteiger partial charge is 0.497 e. The van der Waals surface area contributed by atoms with Crippen molar-refractivity contribution in [3.05, 3.63) is 98.8 Å². The molecule has 4 nitrogen and oxygen atoms in total. The summed E-state index contributed by atoms with van der Waals surface area (Å²) in [6, 6.07) is 15.8. The van der Waals surface area contributed by atoms with Crippen LogP contribution in [0.2, 0.25) is 10.0 Å². The first kappa shape index (κ1) is 20.7. The third-order valence-electron chi connectivity index (χ3n) is 5.31. The maximum atomic E-state index is 13.5. The van der Waals surface area contributed by atoms with Gasteiger partial charge in [-0.1, -0.05) is 47.5 Å². The van der Waals surface area contributed by atoms with Gasteiger partial charge in [-0.05, 0) is 48.4 Å². The molecule has 3 aromatic rings. The quantitative estimate of drug-likeness (QED) is 0.598. The summed E-state index contributed by atoms with van der Waals surface area (Å²) >= 11 is 12.3. The highest BCUT2D eigenvalue weighted by Crippen LogP contribution is 2.45. The molecule has 0 bridgehead atoms. The molecule has 0 saturated carbocycles. The van der Waals surface area contributed by atoms with Crippen LogP contribution >= 0.6 is 23.2 Å². The van der Waals surface area contributed by atoms with Crippen LogP contribution in [-0.2, 0) is 12.1 Å². The number of carbonyl (C=O) groups excluding carboxylic acids is 1. The van der Waals surface area contributed by atoms with Gasteiger partial charge in [0.15, 0.2) is 5.72 Å². The molecular formula is C23H18Cl2FNO3. The number of fused-ring (bicyclic) bond motifs is 1. The zero-order chi connectivity index (χ0) is 21.5. The van der Waals surface area contributed by atoms with Crippen molar-refractivity contribution < 1.29 is 19.0 Å². The summed E-state index contributed by atoms with van der Waals surface area (Å²) in [5.74, 6) is -0.113. The molecule has 0 saturated heterocycles. The minimum atomic E-state index is -1.80. The Kier molecular flexibility index (Phi) is 5.45. The lowest BCUT2D eigenvalue weighted by atomic mass is 9.93. The van der Waals surface area contributed by atoms with E-state index in [-0.39, 0.29) is 28.1 Å². The SMILES string of the molecule is COc1cccc(CCN2C(=O)c3cc(Cl)c(Cl)cc3C2(O)c2ccc(F)cc2)c1. The zero-order valence-corrected chi connectivity index (χ0v) is 17.5. The highest BCUT2D eigenvalue weighted by atomic mass is 35.5. The van der Waals surface area contributed by atoms with Gasteiger partial charge < -0.3 is 14.7 Å². The van der Waals surface area contributed by atoms with Crippen molar-refractivity contribution in [3.63, 3.8) is 0 Å². The van der Waals surface area contributed by atoms with E-state index in [1.807, 2.05) is 24.3 Å². The van der Waals surface area contributed by atoms with Crippen LogP contribution in [0.4, 0.5) is 4.39 Å². The number of halogens is 3. The second kappa shape index (κ2) is 7.91. The molecule has 0 aromatic heterocycles. The highest BCUT2D eigenvalue weighted by molar-refractivity contribution is 6.42. The topological polar surface area (TPSA) is 49.8 Å². The molecule has 1 unspecified atom stereocenters.